The lowest BCUT2D eigenvalue weighted by Gasteiger charge is -2.12. The van der Waals surface area contributed by atoms with E-state index >= 15 is 0 Å². The molecule has 1 rings (SSSR count). The molecule has 0 radical (unpaired) electrons. The number of nitrogens with zero attached hydrogens (tertiary/aromatic N) is 1. The standard InChI is InChI=1S/C14H21ClN2O2/c1-17(2)9-10-19-13-6-3-5-12(11-13)16-14(18)7-4-8-15/h3,5-6,11H,4,7-10H2,1-2H3,(H,16,18). The van der Waals surface area contributed by atoms with Crippen LogP contribution < -0.4 is 10.1 Å². The molecular weight excluding hydrogens is 264 g/mol. The van der Waals surface area contributed by atoms with E-state index < -0.39 is 0 Å². The lowest BCUT2D eigenvalue weighted by atomic mass is 10.2. The number of likely N-dealkylation sites (N-methyl/N-ethyl adjacent to an activating group) is 1. The van der Waals surface area contributed by atoms with E-state index in [1.54, 1.807) is 0 Å². The molecule has 0 aromatic heterocycles. The molecule has 0 bridgehead atoms. The third kappa shape index (κ3) is 7.03. The topological polar surface area (TPSA) is 41.6 Å². The van der Waals surface area contributed by atoms with E-state index in [4.69, 9.17) is 16.3 Å². The van der Waals surface area contributed by atoms with Crippen LogP contribution in [0.3, 0.4) is 0 Å². The number of carbonyl (C=O) groups is 1. The van der Waals surface area contributed by atoms with Gasteiger partial charge >= 0.3 is 0 Å². The number of benzene rings is 1. The van der Waals surface area contributed by atoms with Gasteiger partial charge in [0, 0.05) is 30.6 Å². The van der Waals surface area contributed by atoms with Crippen LogP contribution in [0.25, 0.3) is 0 Å². The Morgan fingerprint density at radius 2 is 2.21 bits per heavy atom. The van der Waals surface area contributed by atoms with Crippen molar-refractivity contribution >= 4 is 23.2 Å². The molecule has 0 spiro atoms. The van der Waals surface area contributed by atoms with Crippen LogP contribution in [0.2, 0.25) is 0 Å². The van der Waals surface area contributed by atoms with Crippen LogP contribution in [0.1, 0.15) is 12.8 Å². The van der Waals surface area contributed by atoms with Gasteiger partial charge in [0.15, 0.2) is 0 Å². The SMILES string of the molecule is CN(C)CCOc1cccc(NC(=O)CCCCl)c1. The van der Waals surface area contributed by atoms with Gasteiger partial charge in [0.1, 0.15) is 12.4 Å². The molecule has 0 aliphatic carbocycles. The molecule has 0 atom stereocenters. The first-order chi connectivity index (χ1) is 9.11. The Balaban J connectivity index is 2.45. The summed E-state index contributed by atoms with van der Waals surface area (Å²) in [5, 5.41) is 2.83. The number of alkyl halides is 1. The molecule has 1 amide bonds. The van der Waals surface area contributed by atoms with Gasteiger partial charge in [-0.05, 0) is 32.6 Å². The van der Waals surface area contributed by atoms with E-state index in [0.29, 0.717) is 25.3 Å². The Bertz CT molecular complexity index is 397. The molecule has 5 heteroatoms. The van der Waals surface area contributed by atoms with E-state index in [9.17, 15) is 4.79 Å². The van der Waals surface area contributed by atoms with Gasteiger partial charge in [0.25, 0.3) is 0 Å². The lowest BCUT2D eigenvalue weighted by molar-refractivity contribution is -0.116. The van der Waals surface area contributed by atoms with E-state index in [0.717, 1.165) is 18.0 Å². The van der Waals surface area contributed by atoms with Crippen LogP contribution >= 0.6 is 11.6 Å². The van der Waals surface area contributed by atoms with Crippen molar-refractivity contribution in [3.8, 4) is 5.75 Å². The molecule has 1 aromatic carbocycles. The highest BCUT2D eigenvalue weighted by molar-refractivity contribution is 6.18. The second-order valence-corrected chi connectivity index (χ2v) is 4.90. The molecule has 1 N–H and O–H groups in total. The number of ether oxygens (including phenoxy) is 1. The van der Waals surface area contributed by atoms with Crippen molar-refractivity contribution in [3.05, 3.63) is 24.3 Å². The Kier molecular flexibility index (Phi) is 7.30. The lowest BCUT2D eigenvalue weighted by Crippen LogP contribution is -2.19. The van der Waals surface area contributed by atoms with Gasteiger partial charge in [-0.1, -0.05) is 6.07 Å². The number of hydrogen-bond acceptors (Lipinski definition) is 3. The maximum absolute atomic E-state index is 11.6. The average molecular weight is 285 g/mol. The van der Waals surface area contributed by atoms with Crippen molar-refractivity contribution in [2.75, 3.05) is 38.4 Å². The highest BCUT2D eigenvalue weighted by Crippen LogP contribution is 2.17. The van der Waals surface area contributed by atoms with Crippen LogP contribution in [-0.4, -0.2) is 43.9 Å². The molecule has 0 heterocycles. The Labute approximate surface area is 119 Å². The van der Waals surface area contributed by atoms with Crippen molar-refractivity contribution in [2.24, 2.45) is 0 Å². The summed E-state index contributed by atoms with van der Waals surface area (Å²) in [5.74, 6) is 1.24. The fraction of sp³-hybridized carbons (Fsp3) is 0.500. The maximum Gasteiger partial charge on any atom is 0.224 e. The Hall–Kier alpha value is -1.26. The molecule has 0 aliphatic rings. The van der Waals surface area contributed by atoms with Gasteiger partial charge in [-0.2, -0.15) is 0 Å². The van der Waals surface area contributed by atoms with Crippen molar-refractivity contribution in [3.63, 3.8) is 0 Å². The molecule has 0 saturated heterocycles. The molecule has 0 unspecified atom stereocenters. The molecule has 1 aromatic rings. The first-order valence-corrected chi connectivity index (χ1v) is 6.88. The predicted octanol–water partition coefficient (Wildman–Crippen LogP) is 2.58. The summed E-state index contributed by atoms with van der Waals surface area (Å²) in [7, 11) is 3.99. The van der Waals surface area contributed by atoms with Crippen molar-refractivity contribution < 1.29 is 9.53 Å². The van der Waals surface area contributed by atoms with Gasteiger partial charge in [-0.3, -0.25) is 4.79 Å². The number of nitrogens with one attached hydrogen (secondary N) is 1. The third-order valence-corrected chi connectivity index (χ3v) is 2.73. The quantitative estimate of drug-likeness (QED) is 0.746. The fourth-order valence-corrected chi connectivity index (χ4v) is 1.59. The smallest absolute Gasteiger partial charge is 0.224 e. The Morgan fingerprint density at radius 1 is 1.42 bits per heavy atom. The monoisotopic (exact) mass is 284 g/mol. The summed E-state index contributed by atoms with van der Waals surface area (Å²) in [6.07, 6.45) is 1.13. The Morgan fingerprint density at radius 3 is 2.89 bits per heavy atom. The predicted molar refractivity (Wildman–Crippen MR) is 79.1 cm³/mol. The minimum Gasteiger partial charge on any atom is -0.492 e. The zero-order chi connectivity index (χ0) is 14.1. The summed E-state index contributed by atoms with van der Waals surface area (Å²) < 4.78 is 5.61. The minimum atomic E-state index is -0.0221. The number of halogens is 1. The number of anilines is 1. The van der Waals surface area contributed by atoms with E-state index in [2.05, 4.69) is 10.2 Å². The second kappa shape index (κ2) is 8.77. The van der Waals surface area contributed by atoms with Crippen LogP contribution in [0.4, 0.5) is 5.69 Å². The van der Waals surface area contributed by atoms with Gasteiger partial charge in [-0.15, -0.1) is 11.6 Å². The van der Waals surface area contributed by atoms with Gasteiger partial charge in [0.05, 0.1) is 0 Å². The van der Waals surface area contributed by atoms with Gasteiger partial charge in [-0.25, -0.2) is 0 Å². The van der Waals surface area contributed by atoms with Gasteiger partial charge < -0.3 is 15.0 Å². The maximum atomic E-state index is 11.6. The fourth-order valence-electron chi connectivity index (χ4n) is 1.46. The highest BCUT2D eigenvalue weighted by atomic mass is 35.5. The average Bonchev–Trinajstić information content (AvgIpc) is 2.36. The molecule has 0 fully saturated rings. The van der Waals surface area contributed by atoms with Crippen molar-refractivity contribution in [1.29, 1.82) is 0 Å². The second-order valence-electron chi connectivity index (χ2n) is 4.52. The van der Waals surface area contributed by atoms with Crippen LogP contribution in [0, 0.1) is 0 Å². The number of rotatable bonds is 8. The van der Waals surface area contributed by atoms with E-state index in [-0.39, 0.29) is 5.91 Å². The van der Waals surface area contributed by atoms with Gasteiger partial charge in [0.2, 0.25) is 5.91 Å². The van der Waals surface area contributed by atoms with Crippen molar-refractivity contribution in [1.82, 2.24) is 4.90 Å². The minimum absolute atomic E-state index is 0.0221. The molecule has 0 aliphatic heterocycles. The summed E-state index contributed by atoms with van der Waals surface area (Å²) in [6, 6.07) is 7.41. The summed E-state index contributed by atoms with van der Waals surface area (Å²) in [5.41, 5.74) is 0.752. The third-order valence-electron chi connectivity index (χ3n) is 2.46. The highest BCUT2D eigenvalue weighted by Gasteiger charge is 2.03. The summed E-state index contributed by atoms with van der Waals surface area (Å²) in [4.78, 5) is 13.6. The van der Waals surface area contributed by atoms with E-state index in [1.807, 2.05) is 38.4 Å². The molecular formula is C14H21ClN2O2. The van der Waals surface area contributed by atoms with Crippen molar-refractivity contribution in [2.45, 2.75) is 12.8 Å². The summed E-state index contributed by atoms with van der Waals surface area (Å²) in [6.45, 7) is 1.48. The molecule has 19 heavy (non-hydrogen) atoms. The van der Waals surface area contributed by atoms with Crippen LogP contribution in [0.5, 0.6) is 5.75 Å². The number of amides is 1. The first kappa shape index (κ1) is 15.8. The molecule has 106 valence electrons. The van der Waals surface area contributed by atoms with Crippen LogP contribution in [-0.2, 0) is 4.79 Å². The number of carbonyl (C=O) groups excluding carboxylic acids is 1. The first-order valence-electron chi connectivity index (χ1n) is 6.35. The summed E-state index contributed by atoms with van der Waals surface area (Å²) >= 11 is 5.55. The van der Waals surface area contributed by atoms with Crippen LogP contribution in [0.15, 0.2) is 24.3 Å². The van der Waals surface area contributed by atoms with E-state index in [1.165, 1.54) is 0 Å². The zero-order valence-electron chi connectivity index (χ0n) is 11.5. The largest absolute Gasteiger partial charge is 0.492 e. The number of hydrogen-bond donors (Lipinski definition) is 1. The normalized spacial score (nSPS) is 10.5. The molecule has 4 nitrogen and oxygen atoms in total. The zero-order valence-corrected chi connectivity index (χ0v) is 12.2. The molecule has 0 saturated carbocycles.